The zero-order valence-electron chi connectivity index (χ0n) is 15.8. The lowest BCUT2D eigenvalue weighted by Crippen LogP contribution is -2.43. The van der Waals surface area contributed by atoms with Gasteiger partial charge in [-0.1, -0.05) is 35.3 Å². The van der Waals surface area contributed by atoms with Crippen LogP contribution in [0.25, 0.3) is 10.9 Å². The van der Waals surface area contributed by atoms with E-state index >= 15 is 0 Å². The molecule has 2 heterocycles. The van der Waals surface area contributed by atoms with Crippen molar-refractivity contribution >= 4 is 39.9 Å². The molecule has 0 bridgehead atoms. The first-order valence-electron chi connectivity index (χ1n) is 9.53. The van der Waals surface area contributed by atoms with Crippen LogP contribution in [-0.2, 0) is 6.54 Å². The number of aromatic nitrogens is 1. The Labute approximate surface area is 179 Å². The predicted octanol–water partition coefficient (Wildman–Crippen LogP) is 4.21. The maximum Gasteiger partial charge on any atom is 0.214 e. The second-order valence-corrected chi connectivity index (χ2v) is 7.84. The van der Waals surface area contributed by atoms with Gasteiger partial charge in [0.15, 0.2) is 6.61 Å². The molecular weight excluding hydrogens is 409 g/mol. The van der Waals surface area contributed by atoms with E-state index in [1.807, 2.05) is 36.4 Å². The number of pyridine rings is 1. The normalized spacial score (nSPS) is 14.8. The molecule has 0 aliphatic carbocycles. The fourth-order valence-electron chi connectivity index (χ4n) is 3.45. The van der Waals surface area contributed by atoms with Crippen LogP contribution in [0.4, 0.5) is 0 Å². The SMILES string of the molecule is O=C(COc1ccc2c(Cl)cccc2n1)c1cc(Cl)ccc1CN1CCNCC1. The zero-order valence-corrected chi connectivity index (χ0v) is 17.3. The highest BCUT2D eigenvalue weighted by Gasteiger charge is 2.17. The van der Waals surface area contributed by atoms with Crippen molar-refractivity contribution in [1.82, 2.24) is 15.2 Å². The molecule has 1 saturated heterocycles. The Morgan fingerprint density at radius 1 is 1.10 bits per heavy atom. The summed E-state index contributed by atoms with van der Waals surface area (Å²) in [6.07, 6.45) is 0. The van der Waals surface area contributed by atoms with Crippen LogP contribution in [0.5, 0.6) is 5.88 Å². The van der Waals surface area contributed by atoms with Gasteiger partial charge in [-0.25, -0.2) is 4.98 Å². The highest BCUT2D eigenvalue weighted by Crippen LogP contribution is 2.24. The minimum absolute atomic E-state index is 0.103. The van der Waals surface area contributed by atoms with Crippen LogP contribution in [0.1, 0.15) is 15.9 Å². The monoisotopic (exact) mass is 429 g/mol. The molecule has 0 atom stereocenters. The summed E-state index contributed by atoms with van der Waals surface area (Å²) in [5.41, 5.74) is 2.28. The van der Waals surface area contributed by atoms with E-state index in [2.05, 4.69) is 15.2 Å². The molecule has 1 aliphatic rings. The lowest BCUT2D eigenvalue weighted by atomic mass is 10.0. The van der Waals surface area contributed by atoms with E-state index in [4.69, 9.17) is 27.9 Å². The van der Waals surface area contributed by atoms with Crippen LogP contribution < -0.4 is 10.1 Å². The number of hydrogen-bond donors (Lipinski definition) is 1. The number of benzene rings is 2. The number of carbonyl (C=O) groups excluding carboxylic acids is 1. The Morgan fingerprint density at radius 3 is 2.76 bits per heavy atom. The first-order valence-corrected chi connectivity index (χ1v) is 10.3. The van der Waals surface area contributed by atoms with Crippen molar-refractivity contribution in [2.45, 2.75) is 6.54 Å². The minimum Gasteiger partial charge on any atom is -0.469 e. The number of fused-ring (bicyclic) bond motifs is 1. The number of halogens is 2. The van der Waals surface area contributed by atoms with Crippen molar-refractivity contribution in [3.05, 3.63) is 69.7 Å². The number of ketones is 1. The lowest BCUT2D eigenvalue weighted by molar-refractivity contribution is 0.0916. The molecule has 0 radical (unpaired) electrons. The first-order chi connectivity index (χ1) is 14.1. The average molecular weight is 430 g/mol. The van der Waals surface area contributed by atoms with E-state index in [9.17, 15) is 4.79 Å². The molecule has 29 heavy (non-hydrogen) atoms. The lowest BCUT2D eigenvalue weighted by Gasteiger charge is -2.27. The molecule has 1 aromatic heterocycles. The quantitative estimate of drug-likeness (QED) is 0.594. The fraction of sp³-hybridized carbons (Fsp3) is 0.273. The Morgan fingerprint density at radius 2 is 1.93 bits per heavy atom. The molecule has 0 amide bonds. The standard InChI is InChI=1S/C22H21Cl2N3O2/c23-16-5-4-15(13-27-10-8-25-9-11-27)18(12-16)21(28)14-29-22-7-6-17-19(24)2-1-3-20(17)26-22/h1-7,12,25H,8-11,13-14H2. The first kappa shape index (κ1) is 20.1. The van der Waals surface area contributed by atoms with Gasteiger partial charge >= 0.3 is 0 Å². The highest BCUT2D eigenvalue weighted by atomic mass is 35.5. The van der Waals surface area contributed by atoms with Gasteiger partial charge in [-0.05, 0) is 35.9 Å². The predicted molar refractivity (Wildman–Crippen MR) is 116 cm³/mol. The van der Waals surface area contributed by atoms with Crippen molar-refractivity contribution in [2.75, 3.05) is 32.8 Å². The summed E-state index contributed by atoms with van der Waals surface area (Å²) < 4.78 is 5.68. The molecule has 1 aliphatic heterocycles. The van der Waals surface area contributed by atoms with Gasteiger partial charge in [0.25, 0.3) is 0 Å². The van der Waals surface area contributed by atoms with Gasteiger partial charge < -0.3 is 10.1 Å². The summed E-state index contributed by atoms with van der Waals surface area (Å²) in [4.78, 5) is 19.6. The van der Waals surface area contributed by atoms with Crippen molar-refractivity contribution in [3.8, 4) is 5.88 Å². The van der Waals surface area contributed by atoms with E-state index in [0.29, 0.717) is 28.0 Å². The second-order valence-electron chi connectivity index (χ2n) is 7.00. The van der Waals surface area contributed by atoms with Gasteiger partial charge in [0.2, 0.25) is 11.7 Å². The van der Waals surface area contributed by atoms with Crippen LogP contribution in [0, 0.1) is 0 Å². The number of hydrogen-bond acceptors (Lipinski definition) is 5. The maximum absolute atomic E-state index is 12.9. The van der Waals surface area contributed by atoms with E-state index in [1.54, 1.807) is 12.1 Å². The van der Waals surface area contributed by atoms with Gasteiger partial charge in [-0.3, -0.25) is 9.69 Å². The van der Waals surface area contributed by atoms with Gasteiger partial charge in [0.05, 0.1) is 5.52 Å². The molecule has 5 nitrogen and oxygen atoms in total. The molecule has 1 fully saturated rings. The third kappa shape index (κ3) is 4.87. The number of ether oxygens (including phenoxy) is 1. The van der Waals surface area contributed by atoms with Crippen LogP contribution in [-0.4, -0.2) is 48.5 Å². The van der Waals surface area contributed by atoms with Gasteiger partial charge in [-0.2, -0.15) is 0 Å². The Kier molecular flexibility index (Phi) is 6.31. The van der Waals surface area contributed by atoms with Crippen molar-refractivity contribution in [2.24, 2.45) is 0 Å². The number of carbonyl (C=O) groups is 1. The molecule has 0 unspecified atom stereocenters. The van der Waals surface area contributed by atoms with Gasteiger partial charge in [0.1, 0.15) is 0 Å². The maximum atomic E-state index is 12.9. The zero-order chi connectivity index (χ0) is 20.2. The minimum atomic E-state index is -0.120. The van der Waals surface area contributed by atoms with Crippen molar-refractivity contribution in [1.29, 1.82) is 0 Å². The van der Waals surface area contributed by atoms with Gasteiger partial charge in [0, 0.05) is 59.8 Å². The largest absolute Gasteiger partial charge is 0.469 e. The highest BCUT2D eigenvalue weighted by molar-refractivity contribution is 6.35. The molecular formula is C22H21Cl2N3O2. The number of rotatable bonds is 6. The van der Waals surface area contributed by atoms with Crippen molar-refractivity contribution < 1.29 is 9.53 Å². The summed E-state index contributed by atoms with van der Waals surface area (Å²) in [7, 11) is 0. The summed E-state index contributed by atoms with van der Waals surface area (Å²) in [5, 5.41) is 5.36. The third-order valence-electron chi connectivity index (χ3n) is 4.98. The van der Waals surface area contributed by atoms with E-state index in [1.165, 1.54) is 0 Å². The average Bonchev–Trinajstić information content (AvgIpc) is 2.74. The second kappa shape index (κ2) is 9.09. The Bertz CT molecular complexity index is 1040. The Balaban J connectivity index is 1.48. The van der Waals surface area contributed by atoms with E-state index in [-0.39, 0.29) is 12.4 Å². The van der Waals surface area contributed by atoms with Crippen LogP contribution in [0.3, 0.4) is 0 Å². The van der Waals surface area contributed by atoms with E-state index < -0.39 is 0 Å². The summed E-state index contributed by atoms with van der Waals surface area (Å²) in [5.74, 6) is 0.268. The number of nitrogens with zero attached hydrogens (tertiary/aromatic N) is 2. The molecule has 150 valence electrons. The molecule has 2 aromatic carbocycles. The van der Waals surface area contributed by atoms with Crippen LogP contribution in [0.15, 0.2) is 48.5 Å². The van der Waals surface area contributed by atoms with Gasteiger partial charge in [-0.15, -0.1) is 0 Å². The van der Waals surface area contributed by atoms with Crippen LogP contribution >= 0.6 is 23.2 Å². The molecule has 7 heteroatoms. The Hall–Kier alpha value is -2.18. The summed E-state index contributed by atoms with van der Waals surface area (Å²) in [6, 6.07) is 14.5. The van der Waals surface area contributed by atoms with Crippen LogP contribution in [0.2, 0.25) is 10.0 Å². The summed E-state index contributed by atoms with van der Waals surface area (Å²) in [6.45, 7) is 4.43. The number of Topliss-reactive ketones (excluding diaryl/α,β-unsaturated/α-hetero) is 1. The van der Waals surface area contributed by atoms with E-state index in [0.717, 1.165) is 42.6 Å². The molecule has 4 rings (SSSR count). The van der Waals surface area contributed by atoms with Crippen molar-refractivity contribution in [3.63, 3.8) is 0 Å². The smallest absolute Gasteiger partial charge is 0.214 e. The number of piperazine rings is 1. The third-order valence-corrected chi connectivity index (χ3v) is 5.54. The number of nitrogens with one attached hydrogen (secondary N) is 1. The fourth-order valence-corrected chi connectivity index (χ4v) is 3.86. The molecule has 0 saturated carbocycles. The molecule has 0 spiro atoms. The topological polar surface area (TPSA) is 54.5 Å². The molecule has 3 aromatic rings. The summed E-state index contributed by atoms with van der Waals surface area (Å²) >= 11 is 12.3. The molecule has 1 N–H and O–H groups in total.